The standard InChI is InChI=1S/C26H29N9OS/c1-3-5-19(21-13-28-10-11-29-21)32-26(36)18-12-20(31-24(33-34-27)17-6-4-7-17)25-30-14-22(35(25)15-18)23-9-8-16(2)37-23/h8-15,17,19H,3-7H2,1-2H3,(H,32,36)(H2,27,31,33). The Morgan fingerprint density at radius 1 is 1.27 bits per heavy atom. The van der Waals surface area contributed by atoms with E-state index in [-0.39, 0.29) is 17.9 Å². The van der Waals surface area contributed by atoms with E-state index >= 15 is 0 Å². The number of rotatable bonds is 9. The fourth-order valence-corrected chi connectivity index (χ4v) is 5.33. The molecule has 1 fully saturated rings. The molecule has 1 aliphatic carbocycles. The second-order valence-electron chi connectivity index (χ2n) is 9.17. The molecule has 1 unspecified atom stereocenters. The number of nitrogens with zero attached hydrogens (tertiary/aromatic N) is 6. The number of nitrogens with one attached hydrogen (secondary N) is 3. The molecule has 10 nitrogen and oxygen atoms in total. The van der Waals surface area contributed by atoms with Crippen LogP contribution in [0.4, 0.5) is 5.69 Å². The Balaban J connectivity index is 1.56. The molecule has 4 aromatic rings. The number of aryl methyl sites for hydroxylation is 1. The van der Waals surface area contributed by atoms with Crippen LogP contribution in [0.1, 0.15) is 66.0 Å². The third-order valence-electron chi connectivity index (χ3n) is 6.60. The summed E-state index contributed by atoms with van der Waals surface area (Å²) in [5, 5.41) is 13.8. The minimum absolute atomic E-state index is 0.214. The predicted molar refractivity (Wildman–Crippen MR) is 144 cm³/mol. The molecule has 0 radical (unpaired) electrons. The number of fused-ring (bicyclic) bond motifs is 1. The molecule has 3 N–H and O–H groups in total. The number of anilines is 1. The van der Waals surface area contributed by atoms with E-state index in [0.29, 0.717) is 22.7 Å². The van der Waals surface area contributed by atoms with Crippen LogP contribution in [0.3, 0.4) is 0 Å². The van der Waals surface area contributed by atoms with Gasteiger partial charge in [0.1, 0.15) is 5.84 Å². The smallest absolute Gasteiger partial charge is 0.253 e. The van der Waals surface area contributed by atoms with Gasteiger partial charge in [-0.3, -0.25) is 19.2 Å². The Kier molecular flexibility index (Phi) is 7.31. The Hall–Kier alpha value is -3.99. The summed E-state index contributed by atoms with van der Waals surface area (Å²) in [6.45, 7) is 4.14. The molecular formula is C26H29N9OS. The number of pyridine rings is 1. The highest BCUT2D eigenvalue weighted by molar-refractivity contribution is 7.15. The number of hydrogen-bond acceptors (Lipinski definition) is 7. The van der Waals surface area contributed by atoms with Crippen molar-refractivity contribution >= 4 is 34.4 Å². The van der Waals surface area contributed by atoms with E-state index in [1.807, 2.05) is 16.8 Å². The van der Waals surface area contributed by atoms with Crippen molar-refractivity contribution in [2.75, 3.05) is 5.32 Å². The molecule has 4 heterocycles. The van der Waals surface area contributed by atoms with Crippen molar-refractivity contribution in [3.63, 3.8) is 0 Å². The van der Waals surface area contributed by atoms with Gasteiger partial charge in [-0.2, -0.15) is 5.53 Å². The number of carbonyl (C=O) groups excluding carboxylic acids is 1. The topological polar surface area (TPSA) is 133 Å². The van der Waals surface area contributed by atoms with Crippen molar-refractivity contribution in [3.8, 4) is 10.6 Å². The van der Waals surface area contributed by atoms with Gasteiger partial charge in [0.2, 0.25) is 0 Å². The van der Waals surface area contributed by atoms with Crippen LogP contribution in [0, 0.1) is 18.4 Å². The maximum Gasteiger partial charge on any atom is 0.253 e. The molecule has 0 aromatic carbocycles. The molecule has 11 heteroatoms. The van der Waals surface area contributed by atoms with Crippen molar-refractivity contribution in [1.29, 1.82) is 5.53 Å². The Bertz CT molecular complexity index is 1440. The van der Waals surface area contributed by atoms with Gasteiger partial charge in [-0.15, -0.1) is 16.4 Å². The molecule has 0 aliphatic heterocycles. The molecule has 0 spiro atoms. The van der Waals surface area contributed by atoms with E-state index in [0.717, 1.165) is 48.4 Å². The first-order valence-electron chi connectivity index (χ1n) is 12.4. The number of imidazole rings is 1. The fourth-order valence-electron chi connectivity index (χ4n) is 4.45. The van der Waals surface area contributed by atoms with E-state index in [4.69, 9.17) is 5.53 Å². The minimum Gasteiger partial charge on any atom is -0.344 e. The lowest BCUT2D eigenvalue weighted by Gasteiger charge is -2.27. The van der Waals surface area contributed by atoms with Crippen LogP contribution < -0.4 is 10.6 Å². The van der Waals surface area contributed by atoms with Gasteiger partial charge in [0.15, 0.2) is 5.65 Å². The zero-order chi connectivity index (χ0) is 25.8. The number of amides is 1. The number of aromatic nitrogens is 4. The molecule has 190 valence electrons. The lowest BCUT2D eigenvalue weighted by Crippen LogP contribution is -2.30. The van der Waals surface area contributed by atoms with Gasteiger partial charge in [0.25, 0.3) is 5.91 Å². The van der Waals surface area contributed by atoms with Crippen molar-refractivity contribution in [1.82, 2.24) is 24.7 Å². The summed E-state index contributed by atoms with van der Waals surface area (Å²) in [6, 6.07) is 5.67. The summed E-state index contributed by atoms with van der Waals surface area (Å²) in [5.41, 5.74) is 10.7. The van der Waals surface area contributed by atoms with E-state index < -0.39 is 0 Å². The predicted octanol–water partition coefficient (Wildman–Crippen LogP) is 5.99. The maximum absolute atomic E-state index is 13.6. The lowest BCUT2D eigenvalue weighted by atomic mass is 9.84. The molecule has 1 amide bonds. The maximum atomic E-state index is 13.6. The number of hydrogen-bond donors (Lipinski definition) is 3. The summed E-state index contributed by atoms with van der Waals surface area (Å²) in [4.78, 5) is 29.1. The summed E-state index contributed by atoms with van der Waals surface area (Å²) < 4.78 is 1.94. The van der Waals surface area contributed by atoms with Crippen LogP contribution in [0.15, 0.2) is 59.5 Å². The molecule has 4 aromatic heterocycles. The zero-order valence-electron chi connectivity index (χ0n) is 20.8. The Morgan fingerprint density at radius 3 is 2.78 bits per heavy atom. The second-order valence-corrected chi connectivity index (χ2v) is 10.5. The highest BCUT2D eigenvalue weighted by atomic mass is 32.1. The van der Waals surface area contributed by atoms with E-state index in [2.05, 4.69) is 61.9 Å². The van der Waals surface area contributed by atoms with Crippen molar-refractivity contribution in [2.24, 2.45) is 16.2 Å². The number of amidine groups is 1. The molecule has 1 aliphatic rings. The third-order valence-corrected chi connectivity index (χ3v) is 7.62. The SMILES string of the molecule is CCCC(NC(=O)c1cc(N/C(=N\N=N)C2CCC2)c2ncc(-c3ccc(C)s3)n2c1)c1cnccn1. The van der Waals surface area contributed by atoms with Crippen molar-refractivity contribution in [3.05, 3.63) is 65.3 Å². The van der Waals surface area contributed by atoms with E-state index in [9.17, 15) is 4.79 Å². The largest absolute Gasteiger partial charge is 0.344 e. The van der Waals surface area contributed by atoms with Crippen LogP contribution in [0.25, 0.3) is 16.2 Å². The zero-order valence-corrected chi connectivity index (χ0v) is 21.6. The molecular weight excluding hydrogens is 486 g/mol. The molecule has 37 heavy (non-hydrogen) atoms. The van der Waals surface area contributed by atoms with Gasteiger partial charge < -0.3 is 10.6 Å². The first kappa shape index (κ1) is 24.7. The summed E-state index contributed by atoms with van der Waals surface area (Å²) >= 11 is 1.67. The summed E-state index contributed by atoms with van der Waals surface area (Å²) in [7, 11) is 0. The summed E-state index contributed by atoms with van der Waals surface area (Å²) in [5.74, 6) is 0.621. The van der Waals surface area contributed by atoms with E-state index in [1.165, 1.54) is 4.88 Å². The normalized spacial score (nSPS) is 14.8. The first-order chi connectivity index (χ1) is 18.1. The van der Waals surface area contributed by atoms with Crippen LogP contribution in [-0.2, 0) is 0 Å². The minimum atomic E-state index is -0.255. The van der Waals surface area contributed by atoms with Gasteiger partial charge in [-0.1, -0.05) is 25.0 Å². The fraction of sp³-hybridized carbons (Fsp3) is 0.346. The Labute approximate surface area is 218 Å². The summed E-state index contributed by atoms with van der Waals surface area (Å²) in [6.07, 6.45) is 13.3. The number of thiophene rings is 1. The molecule has 0 bridgehead atoms. The van der Waals surface area contributed by atoms with Crippen LogP contribution in [0.2, 0.25) is 0 Å². The monoisotopic (exact) mass is 515 g/mol. The van der Waals surface area contributed by atoms with Gasteiger partial charge in [-0.25, -0.2) is 4.98 Å². The highest BCUT2D eigenvalue weighted by Gasteiger charge is 2.26. The van der Waals surface area contributed by atoms with Gasteiger partial charge in [-0.05, 0) is 44.4 Å². The Morgan fingerprint density at radius 2 is 2.14 bits per heavy atom. The average molecular weight is 516 g/mol. The highest BCUT2D eigenvalue weighted by Crippen LogP contribution is 2.33. The molecule has 0 saturated heterocycles. The lowest BCUT2D eigenvalue weighted by molar-refractivity contribution is 0.0933. The number of carbonyl (C=O) groups is 1. The first-order valence-corrected chi connectivity index (χ1v) is 13.2. The molecule has 1 saturated carbocycles. The quantitative estimate of drug-likeness (QED) is 0.109. The third kappa shape index (κ3) is 5.26. The van der Waals surface area contributed by atoms with Crippen LogP contribution in [0.5, 0.6) is 0 Å². The van der Waals surface area contributed by atoms with Gasteiger partial charge in [0.05, 0.1) is 46.0 Å². The van der Waals surface area contributed by atoms with Crippen LogP contribution >= 0.6 is 11.3 Å². The van der Waals surface area contributed by atoms with Gasteiger partial charge >= 0.3 is 0 Å². The van der Waals surface area contributed by atoms with Gasteiger partial charge in [0, 0.05) is 29.4 Å². The van der Waals surface area contributed by atoms with Crippen LogP contribution in [-0.4, -0.2) is 31.1 Å². The van der Waals surface area contributed by atoms with E-state index in [1.54, 1.807) is 36.0 Å². The van der Waals surface area contributed by atoms with Crippen molar-refractivity contribution in [2.45, 2.75) is 52.0 Å². The second kappa shape index (κ2) is 11.0. The average Bonchev–Trinajstić information content (AvgIpc) is 3.49. The molecule has 1 atom stereocenters. The van der Waals surface area contributed by atoms with Crippen molar-refractivity contribution < 1.29 is 4.79 Å². The molecule has 5 rings (SSSR count).